The van der Waals surface area contributed by atoms with Crippen molar-refractivity contribution in [1.29, 1.82) is 0 Å². The lowest BCUT2D eigenvalue weighted by molar-refractivity contribution is 0.629. The van der Waals surface area contributed by atoms with E-state index in [1.807, 2.05) is 37.5 Å². The van der Waals surface area contributed by atoms with Crippen LogP contribution >= 0.6 is 0 Å². The number of aliphatic imine (C=N–C) groups is 1. The van der Waals surface area contributed by atoms with E-state index in [1.54, 1.807) is 12.1 Å². The Morgan fingerprint density at radius 1 is 1.10 bits per heavy atom. The number of hydrogen-bond acceptors (Lipinski definition) is 2. The van der Waals surface area contributed by atoms with Gasteiger partial charge in [-0.2, -0.15) is 0 Å². The standard InChI is InChI=1S/C23H24FN5/c1-2-25-23(29-15-22-19-6-4-3-5-16(19)9-11-26-22)27-12-10-17-14-28-21-8-7-18(24)13-20(17)21/h3-9,11,13-14,28H,2,10,12,15H2,1H3,(H2,25,27,29). The summed E-state index contributed by atoms with van der Waals surface area (Å²) in [7, 11) is 0. The number of rotatable bonds is 6. The molecule has 0 aliphatic carbocycles. The van der Waals surface area contributed by atoms with Gasteiger partial charge in [0.2, 0.25) is 0 Å². The predicted octanol–water partition coefficient (Wildman–Crippen LogP) is 4.15. The quantitative estimate of drug-likeness (QED) is 0.343. The Labute approximate surface area is 169 Å². The van der Waals surface area contributed by atoms with Crippen LogP contribution in [0.25, 0.3) is 21.7 Å². The summed E-state index contributed by atoms with van der Waals surface area (Å²) in [4.78, 5) is 12.4. The molecule has 4 rings (SSSR count). The zero-order chi connectivity index (χ0) is 20.1. The zero-order valence-electron chi connectivity index (χ0n) is 16.4. The minimum absolute atomic E-state index is 0.219. The van der Waals surface area contributed by atoms with Crippen molar-refractivity contribution in [3.63, 3.8) is 0 Å². The first-order chi connectivity index (χ1) is 14.2. The smallest absolute Gasteiger partial charge is 0.191 e. The summed E-state index contributed by atoms with van der Waals surface area (Å²) in [5, 5.41) is 9.84. The van der Waals surface area contributed by atoms with Crippen LogP contribution in [0.2, 0.25) is 0 Å². The first-order valence-corrected chi connectivity index (χ1v) is 9.85. The van der Waals surface area contributed by atoms with Crippen LogP contribution in [0.5, 0.6) is 0 Å². The highest BCUT2D eigenvalue weighted by molar-refractivity contribution is 5.85. The molecule has 0 aliphatic rings. The van der Waals surface area contributed by atoms with E-state index in [0.29, 0.717) is 13.1 Å². The number of fused-ring (bicyclic) bond motifs is 2. The highest BCUT2D eigenvalue weighted by Crippen LogP contribution is 2.19. The van der Waals surface area contributed by atoms with E-state index < -0.39 is 0 Å². The summed E-state index contributed by atoms with van der Waals surface area (Å²) >= 11 is 0. The Morgan fingerprint density at radius 3 is 2.90 bits per heavy atom. The molecule has 148 valence electrons. The van der Waals surface area contributed by atoms with Crippen molar-refractivity contribution in [3.8, 4) is 0 Å². The average Bonchev–Trinajstić information content (AvgIpc) is 3.14. The SMILES string of the molecule is CCNC(=NCc1nccc2ccccc12)NCCc1c[nH]c2ccc(F)cc12. The molecule has 0 atom stereocenters. The lowest BCUT2D eigenvalue weighted by atomic mass is 10.1. The fourth-order valence-electron chi connectivity index (χ4n) is 3.48. The molecule has 0 unspecified atom stereocenters. The van der Waals surface area contributed by atoms with Crippen molar-refractivity contribution in [3.05, 3.63) is 78.0 Å². The summed E-state index contributed by atoms with van der Waals surface area (Å²) < 4.78 is 13.6. The molecular formula is C23H24FN5. The normalized spacial score (nSPS) is 11.9. The molecule has 0 spiro atoms. The van der Waals surface area contributed by atoms with E-state index in [2.05, 4.69) is 32.7 Å². The molecule has 3 N–H and O–H groups in total. The van der Waals surface area contributed by atoms with Gasteiger partial charge >= 0.3 is 0 Å². The van der Waals surface area contributed by atoms with Crippen molar-refractivity contribution in [2.24, 2.45) is 4.99 Å². The molecule has 6 heteroatoms. The van der Waals surface area contributed by atoms with Crippen molar-refractivity contribution in [2.75, 3.05) is 13.1 Å². The lowest BCUT2D eigenvalue weighted by Gasteiger charge is -2.11. The lowest BCUT2D eigenvalue weighted by Crippen LogP contribution is -2.38. The van der Waals surface area contributed by atoms with Gasteiger partial charge in [0.05, 0.1) is 12.2 Å². The van der Waals surface area contributed by atoms with E-state index in [0.717, 1.165) is 51.9 Å². The Balaban J connectivity index is 1.44. The summed E-state index contributed by atoms with van der Waals surface area (Å²) in [6.07, 6.45) is 4.53. The van der Waals surface area contributed by atoms with E-state index in [9.17, 15) is 4.39 Å². The van der Waals surface area contributed by atoms with Crippen LogP contribution in [0.4, 0.5) is 4.39 Å². The van der Waals surface area contributed by atoms with E-state index >= 15 is 0 Å². The minimum atomic E-state index is -0.219. The molecule has 0 bridgehead atoms. The number of halogens is 1. The first kappa shape index (κ1) is 18.9. The van der Waals surface area contributed by atoms with Gasteiger partial charge in [-0.15, -0.1) is 0 Å². The second kappa shape index (κ2) is 8.73. The molecule has 0 amide bonds. The number of hydrogen-bond donors (Lipinski definition) is 3. The van der Waals surface area contributed by atoms with Crippen LogP contribution < -0.4 is 10.6 Å². The van der Waals surface area contributed by atoms with E-state index in [-0.39, 0.29) is 5.82 Å². The third kappa shape index (κ3) is 4.37. The number of guanidine groups is 1. The molecule has 2 aromatic carbocycles. The second-order valence-corrected chi connectivity index (χ2v) is 6.85. The molecule has 2 aromatic heterocycles. The first-order valence-electron chi connectivity index (χ1n) is 9.85. The van der Waals surface area contributed by atoms with E-state index in [4.69, 9.17) is 4.99 Å². The number of aromatic nitrogens is 2. The predicted molar refractivity (Wildman–Crippen MR) is 117 cm³/mol. The number of nitrogens with zero attached hydrogens (tertiary/aromatic N) is 2. The molecule has 0 saturated heterocycles. The Kier molecular flexibility index (Phi) is 5.70. The monoisotopic (exact) mass is 389 g/mol. The van der Waals surface area contributed by atoms with Crippen molar-refractivity contribution >= 4 is 27.6 Å². The second-order valence-electron chi connectivity index (χ2n) is 6.85. The van der Waals surface area contributed by atoms with Gasteiger partial charge in [0, 0.05) is 41.8 Å². The molecule has 0 aliphatic heterocycles. The van der Waals surface area contributed by atoms with Crippen LogP contribution in [0.3, 0.4) is 0 Å². The van der Waals surface area contributed by atoms with Gasteiger partial charge in [-0.1, -0.05) is 24.3 Å². The molecule has 29 heavy (non-hydrogen) atoms. The fraction of sp³-hybridized carbons (Fsp3) is 0.217. The van der Waals surface area contributed by atoms with Crippen LogP contribution in [0.15, 0.2) is 65.9 Å². The van der Waals surface area contributed by atoms with Crippen LogP contribution in [-0.4, -0.2) is 29.0 Å². The van der Waals surface area contributed by atoms with Crippen LogP contribution in [0.1, 0.15) is 18.2 Å². The number of benzene rings is 2. The summed E-state index contributed by atoms with van der Waals surface area (Å²) in [5.41, 5.74) is 2.98. The zero-order valence-corrected chi connectivity index (χ0v) is 16.4. The minimum Gasteiger partial charge on any atom is -0.361 e. The molecule has 5 nitrogen and oxygen atoms in total. The van der Waals surface area contributed by atoms with Gasteiger partial charge in [0.1, 0.15) is 5.82 Å². The van der Waals surface area contributed by atoms with E-state index in [1.165, 1.54) is 6.07 Å². The largest absolute Gasteiger partial charge is 0.361 e. The number of aromatic amines is 1. The fourth-order valence-corrected chi connectivity index (χ4v) is 3.48. The van der Waals surface area contributed by atoms with Crippen LogP contribution in [0, 0.1) is 5.82 Å². The third-order valence-electron chi connectivity index (χ3n) is 4.90. The van der Waals surface area contributed by atoms with Crippen molar-refractivity contribution in [1.82, 2.24) is 20.6 Å². The maximum Gasteiger partial charge on any atom is 0.191 e. The van der Waals surface area contributed by atoms with Gasteiger partial charge in [-0.25, -0.2) is 9.38 Å². The number of H-pyrrole nitrogens is 1. The maximum absolute atomic E-state index is 13.6. The van der Waals surface area contributed by atoms with Gasteiger partial charge in [-0.3, -0.25) is 4.98 Å². The molecule has 2 heterocycles. The Hall–Kier alpha value is -3.41. The maximum atomic E-state index is 13.6. The number of nitrogens with one attached hydrogen (secondary N) is 3. The van der Waals surface area contributed by atoms with Crippen molar-refractivity contribution < 1.29 is 4.39 Å². The topological polar surface area (TPSA) is 65.1 Å². The summed E-state index contributed by atoms with van der Waals surface area (Å²) in [6.45, 7) is 4.00. The van der Waals surface area contributed by atoms with Gasteiger partial charge in [0.15, 0.2) is 5.96 Å². The Bertz CT molecular complexity index is 1140. The van der Waals surface area contributed by atoms with Gasteiger partial charge in [0.25, 0.3) is 0 Å². The highest BCUT2D eigenvalue weighted by atomic mass is 19.1. The molecule has 0 radical (unpaired) electrons. The summed E-state index contributed by atoms with van der Waals surface area (Å²) in [6, 6.07) is 15.0. The van der Waals surface area contributed by atoms with Gasteiger partial charge < -0.3 is 15.6 Å². The molecular weight excluding hydrogens is 365 g/mol. The van der Waals surface area contributed by atoms with Crippen molar-refractivity contribution in [2.45, 2.75) is 19.9 Å². The highest BCUT2D eigenvalue weighted by Gasteiger charge is 2.06. The molecule has 4 aromatic rings. The summed E-state index contributed by atoms with van der Waals surface area (Å²) in [5.74, 6) is 0.525. The Morgan fingerprint density at radius 2 is 2.00 bits per heavy atom. The third-order valence-corrected chi connectivity index (χ3v) is 4.90. The number of pyridine rings is 1. The molecule has 0 saturated carbocycles. The van der Waals surface area contributed by atoms with Gasteiger partial charge in [-0.05, 0) is 48.6 Å². The molecule has 0 fully saturated rings. The van der Waals surface area contributed by atoms with Crippen LogP contribution in [-0.2, 0) is 13.0 Å². The average molecular weight is 389 g/mol.